The van der Waals surface area contributed by atoms with E-state index in [9.17, 15) is 0 Å². The molecule has 2 unspecified atom stereocenters. The van der Waals surface area contributed by atoms with Gasteiger partial charge in [0.2, 0.25) is 0 Å². The average Bonchev–Trinajstić information content (AvgIpc) is 3.57. The monoisotopic (exact) mass is 724 g/mol. The van der Waals surface area contributed by atoms with Crippen LogP contribution >= 0.6 is 0 Å². The van der Waals surface area contributed by atoms with Crippen molar-refractivity contribution in [1.82, 2.24) is 0 Å². The second-order valence-electron chi connectivity index (χ2n) is 15.3. The number of hydrogen-bond donors (Lipinski definition) is 0. The minimum absolute atomic E-state index is 0.659. The van der Waals surface area contributed by atoms with E-state index in [1.165, 1.54) is 97.6 Å². The Labute approximate surface area is 303 Å². The number of rotatable bonds is 12. The van der Waals surface area contributed by atoms with Crippen molar-refractivity contribution in [3.05, 3.63) is 129 Å². The van der Waals surface area contributed by atoms with Crippen LogP contribution in [0.4, 0.5) is 0 Å². The molecule has 48 heavy (non-hydrogen) atoms. The van der Waals surface area contributed by atoms with Crippen LogP contribution in [0.3, 0.4) is 0 Å². The molecule has 2 heteroatoms. The van der Waals surface area contributed by atoms with Crippen molar-refractivity contribution in [2.75, 3.05) is 0 Å². The minimum atomic E-state index is -2.09. The summed E-state index contributed by atoms with van der Waals surface area (Å²) in [6.07, 6.45) is 13.0. The van der Waals surface area contributed by atoms with Gasteiger partial charge in [0, 0.05) is 0 Å². The fraction of sp³-hybridized carbons (Fsp3) is 0.391. The van der Waals surface area contributed by atoms with E-state index in [0.717, 1.165) is 0 Å². The molecule has 0 amide bonds. The fourth-order valence-electron chi connectivity index (χ4n) is 9.36. The van der Waals surface area contributed by atoms with Gasteiger partial charge in [-0.1, -0.05) is 26.7 Å². The molecule has 0 fully saturated rings. The van der Waals surface area contributed by atoms with E-state index in [0.29, 0.717) is 7.25 Å². The maximum absolute atomic E-state index is 2.69. The average molecular weight is 726 g/mol. The molecule has 1 heterocycles. The van der Waals surface area contributed by atoms with Crippen molar-refractivity contribution in [2.45, 2.75) is 112 Å². The SMILES string of the molecule is CCCCCCc1ccc(-c2cccc3c2C2=C(C)[CH]3[Zr][CH]3C(C)=C(c4c(-c5ccc(CCCCCC)cc5)cccc43)[Si]2(C)C)cc1. The van der Waals surface area contributed by atoms with Crippen molar-refractivity contribution in [1.29, 1.82) is 0 Å². The first-order chi connectivity index (χ1) is 23.3. The zero-order chi connectivity index (χ0) is 33.4. The molecule has 0 nitrogen and oxygen atoms in total. The van der Waals surface area contributed by atoms with Crippen molar-refractivity contribution >= 4 is 18.5 Å². The van der Waals surface area contributed by atoms with Crippen LogP contribution in [0.5, 0.6) is 0 Å². The third kappa shape index (κ3) is 6.09. The van der Waals surface area contributed by atoms with E-state index >= 15 is 0 Å². The first-order valence-electron chi connectivity index (χ1n) is 19.0. The standard InChI is InChI=1S/C46H54Si.Zr/c1-7-9-11-13-17-35-23-27-37(28-24-35)41-21-15-19-39-31-33(3)45(43(39)41)47(5,6)46-34(4)32-40-20-16-22-42(44(40)46)38-29-25-36(26-30-38)18-14-12-10-8-2;/h15-16,19-32H,7-14,17-18H2,1-6H3;. The first-order valence-corrected chi connectivity index (χ1v) is 24.8. The predicted molar refractivity (Wildman–Crippen MR) is 208 cm³/mol. The van der Waals surface area contributed by atoms with Crippen LogP contribution in [0, 0.1) is 0 Å². The van der Waals surface area contributed by atoms with Gasteiger partial charge in [0.1, 0.15) is 0 Å². The van der Waals surface area contributed by atoms with Crippen molar-refractivity contribution in [3.63, 3.8) is 0 Å². The molecule has 4 aromatic rings. The molecule has 1 aliphatic heterocycles. The summed E-state index contributed by atoms with van der Waals surface area (Å²) in [6.45, 7) is 15.0. The Kier molecular flexibility index (Phi) is 10.2. The molecule has 2 aliphatic carbocycles. The summed E-state index contributed by atoms with van der Waals surface area (Å²) in [4.78, 5) is 0. The molecule has 4 aromatic carbocycles. The number of hydrogen-bond acceptors (Lipinski definition) is 0. The van der Waals surface area contributed by atoms with Gasteiger partial charge in [0.25, 0.3) is 0 Å². The number of aryl methyl sites for hydroxylation is 2. The Hall–Kier alpha value is -2.54. The van der Waals surface area contributed by atoms with Gasteiger partial charge < -0.3 is 0 Å². The first kappa shape index (κ1) is 33.9. The molecule has 0 N–H and O–H groups in total. The second-order valence-corrected chi connectivity index (χ2v) is 23.2. The van der Waals surface area contributed by atoms with E-state index in [1.807, 2.05) is 0 Å². The van der Waals surface area contributed by atoms with E-state index in [1.54, 1.807) is 43.8 Å². The van der Waals surface area contributed by atoms with E-state index in [2.05, 4.69) is 126 Å². The molecule has 7 rings (SSSR count). The zero-order valence-electron chi connectivity index (χ0n) is 30.3. The normalized spacial score (nSPS) is 18.8. The van der Waals surface area contributed by atoms with Gasteiger partial charge in [-0.15, -0.1) is 0 Å². The summed E-state index contributed by atoms with van der Waals surface area (Å²) in [6, 6.07) is 34.0. The molecular weight excluding hydrogens is 672 g/mol. The molecule has 2 atom stereocenters. The van der Waals surface area contributed by atoms with Crippen LogP contribution in [0.25, 0.3) is 32.6 Å². The molecular formula is C46H54SiZr. The van der Waals surface area contributed by atoms with Crippen LogP contribution in [0.2, 0.25) is 13.1 Å². The van der Waals surface area contributed by atoms with Crippen LogP contribution < -0.4 is 0 Å². The molecule has 246 valence electrons. The summed E-state index contributed by atoms with van der Waals surface area (Å²) in [5.74, 6) is 0. The Morgan fingerprint density at radius 3 is 1.33 bits per heavy atom. The number of unbranched alkanes of at least 4 members (excludes halogenated alkanes) is 6. The third-order valence-electron chi connectivity index (χ3n) is 11.7. The summed E-state index contributed by atoms with van der Waals surface area (Å²) >= 11 is -0.906. The Morgan fingerprint density at radius 1 is 0.521 bits per heavy atom. The molecule has 0 saturated carbocycles. The summed E-state index contributed by atoms with van der Waals surface area (Å²) < 4.78 is 1.32. The van der Waals surface area contributed by atoms with Crippen LogP contribution in [0.15, 0.2) is 96.1 Å². The summed E-state index contributed by atoms with van der Waals surface area (Å²) in [7, 11) is -2.09. The van der Waals surface area contributed by atoms with E-state index in [-0.39, 0.29) is 0 Å². The second kappa shape index (κ2) is 14.4. The van der Waals surface area contributed by atoms with Crippen LogP contribution in [0.1, 0.15) is 120 Å². The Morgan fingerprint density at radius 2 is 0.938 bits per heavy atom. The van der Waals surface area contributed by atoms with Gasteiger partial charge >= 0.3 is 279 Å². The van der Waals surface area contributed by atoms with Gasteiger partial charge in [0.15, 0.2) is 0 Å². The third-order valence-corrected chi connectivity index (χ3v) is 20.8. The van der Waals surface area contributed by atoms with Crippen LogP contribution in [-0.2, 0) is 36.1 Å². The maximum atomic E-state index is 2.69. The molecule has 0 radical (unpaired) electrons. The molecule has 4 bridgehead atoms. The van der Waals surface area contributed by atoms with Gasteiger partial charge in [-0.05, 0) is 0 Å². The molecule has 3 aliphatic rings. The molecule has 0 aromatic heterocycles. The number of allylic oxidation sites excluding steroid dienone is 2. The number of benzene rings is 4. The van der Waals surface area contributed by atoms with E-state index in [4.69, 9.17) is 0 Å². The summed E-state index contributed by atoms with van der Waals surface area (Å²) in [5, 5.41) is 3.50. The topological polar surface area (TPSA) is 0 Å². The van der Waals surface area contributed by atoms with Crippen LogP contribution in [-0.4, -0.2) is 8.07 Å². The van der Waals surface area contributed by atoms with Gasteiger partial charge in [-0.25, -0.2) is 0 Å². The van der Waals surface area contributed by atoms with Crippen molar-refractivity contribution in [3.8, 4) is 22.3 Å². The Balaban J connectivity index is 1.27. The quantitative estimate of drug-likeness (QED) is 0.101. The molecule has 0 saturated heterocycles. The molecule has 0 spiro atoms. The van der Waals surface area contributed by atoms with Crippen molar-refractivity contribution in [2.24, 2.45) is 0 Å². The van der Waals surface area contributed by atoms with Gasteiger partial charge in [-0.2, -0.15) is 0 Å². The summed E-state index contributed by atoms with van der Waals surface area (Å²) in [5.41, 5.74) is 18.7. The fourth-order valence-corrected chi connectivity index (χ4v) is 19.2. The number of fused-ring (bicyclic) bond motifs is 8. The van der Waals surface area contributed by atoms with Crippen molar-refractivity contribution < 1.29 is 23.2 Å². The predicted octanol–water partition coefficient (Wildman–Crippen LogP) is 13.5. The van der Waals surface area contributed by atoms with Gasteiger partial charge in [0.05, 0.1) is 0 Å². The van der Waals surface area contributed by atoms with E-state index < -0.39 is 31.3 Å². The van der Waals surface area contributed by atoms with Gasteiger partial charge in [-0.3, -0.25) is 0 Å². The zero-order valence-corrected chi connectivity index (χ0v) is 33.8. The Bertz CT molecular complexity index is 1720.